The van der Waals surface area contributed by atoms with E-state index in [4.69, 9.17) is 4.74 Å². The van der Waals surface area contributed by atoms with Gasteiger partial charge >= 0.3 is 0 Å². The molecule has 0 unspecified atom stereocenters. The van der Waals surface area contributed by atoms with E-state index in [1.807, 2.05) is 23.6 Å². The predicted molar refractivity (Wildman–Crippen MR) is 106 cm³/mol. The first-order chi connectivity index (χ1) is 12.7. The first-order valence-electron chi connectivity index (χ1n) is 9.50. The number of benzene rings is 1. The summed E-state index contributed by atoms with van der Waals surface area (Å²) in [5, 5.41) is 5.05. The molecular weight excluding hydrogens is 344 g/mol. The van der Waals surface area contributed by atoms with Crippen LogP contribution in [0.25, 0.3) is 0 Å². The number of rotatable bonds is 8. The van der Waals surface area contributed by atoms with Crippen molar-refractivity contribution in [2.24, 2.45) is 0 Å². The molecule has 2 heterocycles. The Kier molecular flexibility index (Phi) is 7.09. The molecule has 2 aromatic rings. The van der Waals surface area contributed by atoms with Crippen molar-refractivity contribution in [3.05, 3.63) is 52.2 Å². The van der Waals surface area contributed by atoms with Crippen LogP contribution in [-0.4, -0.2) is 30.0 Å². The Labute approximate surface area is 160 Å². The van der Waals surface area contributed by atoms with Crippen molar-refractivity contribution >= 4 is 17.2 Å². The predicted octanol–water partition coefficient (Wildman–Crippen LogP) is 4.21. The molecule has 0 bridgehead atoms. The van der Waals surface area contributed by atoms with Crippen LogP contribution in [0.15, 0.2) is 41.8 Å². The van der Waals surface area contributed by atoms with E-state index in [1.54, 1.807) is 11.3 Å². The zero-order valence-electron chi connectivity index (χ0n) is 15.4. The molecule has 0 saturated carbocycles. The summed E-state index contributed by atoms with van der Waals surface area (Å²) in [4.78, 5) is 15.7. The quantitative estimate of drug-likeness (QED) is 0.755. The van der Waals surface area contributed by atoms with Crippen LogP contribution in [0.2, 0.25) is 0 Å². The third-order valence-corrected chi connectivity index (χ3v) is 5.57. The molecule has 1 aliphatic rings. The largest absolute Gasteiger partial charge is 0.489 e. The molecule has 0 fully saturated rings. The molecule has 0 saturated heterocycles. The van der Waals surface area contributed by atoms with E-state index in [0.29, 0.717) is 13.0 Å². The maximum atomic E-state index is 12.2. The van der Waals surface area contributed by atoms with Crippen LogP contribution in [0.5, 0.6) is 5.75 Å². The monoisotopic (exact) mass is 372 g/mol. The summed E-state index contributed by atoms with van der Waals surface area (Å²) in [5.41, 5.74) is 1.21. The number of unbranched alkanes of at least 4 members (excludes halogenated alkanes) is 1. The van der Waals surface area contributed by atoms with E-state index in [9.17, 15) is 4.79 Å². The lowest BCUT2D eigenvalue weighted by molar-refractivity contribution is -0.121. The summed E-state index contributed by atoms with van der Waals surface area (Å²) in [6.45, 7) is 5.32. The minimum Gasteiger partial charge on any atom is -0.489 e. The Hall–Kier alpha value is -1.85. The van der Waals surface area contributed by atoms with E-state index < -0.39 is 0 Å². The van der Waals surface area contributed by atoms with Crippen molar-refractivity contribution in [1.29, 1.82) is 0 Å². The Morgan fingerprint density at radius 2 is 2.19 bits per heavy atom. The Bertz CT molecular complexity index is 687. The second-order valence-corrected chi connectivity index (χ2v) is 7.86. The first kappa shape index (κ1) is 18.9. The van der Waals surface area contributed by atoms with E-state index in [0.717, 1.165) is 31.8 Å². The average Bonchev–Trinajstić information content (AvgIpc) is 3.10. The molecular formula is C21H28N2O2S. The lowest BCUT2D eigenvalue weighted by Gasteiger charge is -2.23. The van der Waals surface area contributed by atoms with Crippen LogP contribution >= 0.6 is 11.3 Å². The fourth-order valence-electron chi connectivity index (χ4n) is 3.26. The van der Waals surface area contributed by atoms with Crippen LogP contribution in [0.1, 0.15) is 43.0 Å². The maximum Gasteiger partial charge on any atom is 0.221 e. The highest BCUT2D eigenvalue weighted by molar-refractivity contribution is 7.09. The first-order valence-corrected chi connectivity index (χ1v) is 10.4. The van der Waals surface area contributed by atoms with Crippen LogP contribution < -0.4 is 10.1 Å². The summed E-state index contributed by atoms with van der Waals surface area (Å²) < 4.78 is 6.25. The number of carbonyl (C=O) groups excluding carboxylic acids is 1. The van der Waals surface area contributed by atoms with Crippen molar-refractivity contribution in [2.45, 2.75) is 51.8 Å². The van der Waals surface area contributed by atoms with Crippen LogP contribution in [0.4, 0.5) is 0 Å². The molecule has 3 rings (SSSR count). The number of carbonyl (C=O) groups is 1. The number of hydrogen-bond acceptors (Lipinski definition) is 4. The highest BCUT2D eigenvalue weighted by Crippen LogP contribution is 2.26. The van der Waals surface area contributed by atoms with Gasteiger partial charge in [0.2, 0.25) is 5.91 Å². The molecule has 0 radical (unpaired) electrons. The van der Waals surface area contributed by atoms with Crippen molar-refractivity contribution in [3.8, 4) is 5.75 Å². The number of nitrogens with zero attached hydrogens (tertiary/aromatic N) is 1. The zero-order valence-corrected chi connectivity index (χ0v) is 16.3. The van der Waals surface area contributed by atoms with Gasteiger partial charge in [-0.15, -0.1) is 11.3 Å². The summed E-state index contributed by atoms with van der Waals surface area (Å²) in [5.74, 6) is 1.11. The summed E-state index contributed by atoms with van der Waals surface area (Å²) in [6, 6.07) is 12.3. The molecule has 26 heavy (non-hydrogen) atoms. The van der Waals surface area contributed by atoms with Crippen molar-refractivity contribution in [2.75, 3.05) is 13.1 Å². The fourth-order valence-corrected chi connectivity index (χ4v) is 3.90. The van der Waals surface area contributed by atoms with Gasteiger partial charge in [-0.05, 0) is 30.4 Å². The SMILES string of the molecule is CCCC[C@@H]1CN(CCC(=O)NCc2cccs2)Cc2ccccc2O1. The normalized spacial score (nSPS) is 17.2. The minimum atomic E-state index is 0.113. The lowest BCUT2D eigenvalue weighted by atomic mass is 10.1. The van der Waals surface area contributed by atoms with Crippen LogP contribution in [0.3, 0.4) is 0 Å². The highest BCUT2D eigenvalue weighted by atomic mass is 32.1. The third kappa shape index (κ3) is 5.58. The number of ether oxygens (including phenoxy) is 1. The smallest absolute Gasteiger partial charge is 0.221 e. The Morgan fingerprint density at radius 1 is 1.31 bits per heavy atom. The molecule has 4 nitrogen and oxygen atoms in total. The van der Waals surface area contributed by atoms with Gasteiger partial charge in [0.25, 0.3) is 0 Å². The summed E-state index contributed by atoms with van der Waals surface area (Å²) >= 11 is 1.67. The standard InChI is InChI=1S/C21H28N2O2S/c1-2-3-8-18-16-23(15-17-7-4-5-10-20(17)25-18)12-11-21(24)22-14-19-9-6-13-26-19/h4-7,9-10,13,18H,2-3,8,11-12,14-16H2,1H3,(H,22,24)/t18-/m1/s1. The maximum absolute atomic E-state index is 12.2. The molecule has 140 valence electrons. The van der Waals surface area contributed by atoms with Gasteiger partial charge in [0.1, 0.15) is 11.9 Å². The fraction of sp³-hybridized carbons (Fsp3) is 0.476. The number of nitrogens with one attached hydrogen (secondary N) is 1. The third-order valence-electron chi connectivity index (χ3n) is 4.70. The topological polar surface area (TPSA) is 41.6 Å². The Balaban J connectivity index is 1.54. The van der Waals surface area contributed by atoms with Gasteiger partial charge in [0.05, 0.1) is 6.54 Å². The van der Waals surface area contributed by atoms with Crippen molar-refractivity contribution in [3.63, 3.8) is 0 Å². The summed E-state index contributed by atoms with van der Waals surface area (Å²) in [6.07, 6.45) is 4.13. The number of para-hydroxylation sites is 1. The van der Waals surface area contributed by atoms with Gasteiger partial charge < -0.3 is 10.1 Å². The van der Waals surface area contributed by atoms with E-state index >= 15 is 0 Å². The number of fused-ring (bicyclic) bond motifs is 1. The second-order valence-electron chi connectivity index (χ2n) is 6.83. The average molecular weight is 373 g/mol. The van der Waals surface area contributed by atoms with Gasteiger partial charge in [-0.3, -0.25) is 9.69 Å². The van der Waals surface area contributed by atoms with Crippen LogP contribution in [-0.2, 0) is 17.9 Å². The molecule has 1 aromatic heterocycles. The molecule has 0 spiro atoms. The van der Waals surface area contributed by atoms with Gasteiger partial charge in [0, 0.05) is 36.5 Å². The molecule has 1 amide bonds. The number of amides is 1. The van der Waals surface area contributed by atoms with E-state index in [2.05, 4.69) is 35.3 Å². The van der Waals surface area contributed by atoms with Gasteiger partial charge in [-0.2, -0.15) is 0 Å². The van der Waals surface area contributed by atoms with Gasteiger partial charge in [-0.25, -0.2) is 0 Å². The zero-order chi connectivity index (χ0) is 18.2. The van der Waals surface area contributed by atoms with Crippen LogP contribution in [0, 0.1) is 0 Å². The number of hydrogen-bond donors (Lipinski definition) is 1. The Morgan fingerprint density at radius 3 is 3.00 bits per heavy atom. The second kappa shape index (κ2) is 9.74. The highest BCUT2D eigenvalue weighted by Gasteiger charge is 2.22. The molecule has 1 N–H and O–H groups in total. The van der Waals surface area contributed by atoms with Crippen molar-refractivity contribution < 1.29 is 9.53 Å². The minimum absolute atomic E-state index is 0.113. The van der Waals surface area contributed by atoms with Gasteiger partial charge in [-0.1, -0.05) is 37.6 Å². The van der Waals surface area contributed by atoms with Crippen molar-refractivity contribution in [1.82, 2.24) is 10.2 Å². The lowest BCUT2D eigenvalue weighted by Crippen LogP contribution is -2.35. The molecule has 1 atom stereocenters. The van der Waals surface area contributed by atoms with Gasteiger partial charge in [0.15, 0.2) is 0 Å². The molecule has 1 aromatic carbocycles. The number of thiophene rings is 1. The van der Waals surface area contributed by atoms with E-state index in [1.165, 1.54) is 23.3 Å². The molecule has 1 aliphatic heterocycles. The molecule has 0 aliphatic carbocycles. The summed E-state index contributed by atoms with van der Waals surface area (Å²) in [7, 11) is 0. The van der Waals surface area contributed by atoms with E-state index in [-0.39, 0.29) is 12.0 Å². The molecule has 5 heteroatoms.